The van der Waals surface area contributed by atoms with Crippen molar-refractivity contribution in [2.75, 3.05) is 5.32 Å². The summed E-state index contributed by atoms with van der Waals surface area (Å²) in [6, 6.07) is 12.6. The number of amides is 1. The second-order valence-corrected chi connectivity index (χ2v) is 8.05. The van der Waals surface area contributed by atoms with Crippen LogP contribution in [0.15, 0.2) is 47.3 Å². The van der Waals surface area contributed by atoms with Crippen LogP contribution in [0, 0.1) is 12.3 Å². The molecule has 1 aromatic heterocycles. The number of nitrogens with zero attached hydrogens (tertiary/aromatic N) is 2. The van der Waals surface area contributed by atoms with Gasteiger partial charge in [-0.1, -0.05) is 44.5 Å². The Morgan fingerprint density at radius 2 is 1.81 bits per heavy atom. The summed E-state index contributed by atoms with van der Waals surface area (Å²) in [4.78, 5) is 29.8. The number of rotatable bonds is 3. The number of aromatic nitrogens is 2. The number of nitrogens with one attached hydrogen (secondary N) is 1. The highest BCUT2D eigenvalue weighted by atomic mass is 35.5. The van der Waals surface area contributed by atoms with Crippen LogP contribution in [0.5, 0.6) is 0 Å². The fraction of sp³-hybridized carbons (Fsp3) is 0.286. The molecular formula is C21H22ClN3O2. The number of hydrogen-bond donors (Lipinski definition) is 1. The number of hydrogen-bond acceptors (Lipinski definition) is 3. The van der Waals surface area contributed by atoms with Gasteiger partial charge in [-0.3, -0.25) is 14.2 Å². The second-order valence-electron chi connectivity index (χ2n) is 7.61. The number of carbonyl (C=O) groups is 1. The fourth-order valence-corrected chi connectivity index (χ4v) is 2.81. The molecule has 0 aliphatic rings. The van der Waals surface area contributed by atoms with Crippen molar-refractivity contribution in [2.45, 2.75) is 34.2 Å². The van der Waals surface area contributed by atoms with E-state index in [1.165, 1.54) is 0 Å². The summed E-state index contributed by atoms with van der Waals surface area (Å²) in [5.41, 5.74) is 1.50. The van der Waals surface area contributed by atoms with Crippen molar-refractivity contribution in [3.05, 3.63) is 69.2 Å². The quantitative estimate of drug-likeness (QED) is 0.729. The average molecular weight is 384 g/mol. The first-order chi connectivity index (χ1) is 12.6. The summed E-state index contributed by atoms with van der Waals surface area (Å²) in [5.74, 6) is 0.525. The van der Waals surface area contributed by atoms with Crippen LogP contribution in [-0.4, -0.2) is 15.5 Å². The summed E-state index contributed by atoms with van der Waals surface area (Å²) in [6.07, 6.45) is 0. The van der Waals surface area contributed by atoms with Gasteiger partial charge in [0.05, 0.1) is 17.4 Å². The molecule has 0 atom stereocenters. The van der Waals surface area contributed by atoms with Crippen LogP contribution < -0.4 is 10.9 Å². The molecule has 1 heterocycles. The van der Waals surface area contributed by atoms with Crippen LogP contribution in [0.4, 0.5) is 5.69 Å². The molecule has 3 rings (SSSR count). The maximum absolute atomic E-state index is 13.0. The maximum Gasteiger partial charge on any atom is 0.261 e. The van der Waals surface area contributed by atoms with Crippen LogP contribution in [0.1, 0.15) is 32.2 Å². The first-order valence-corrected chi connectivity index (χ1v) is 9.10. The van der Waals surface area contributed by atoms with Gasteiger partial charge in [0.1, 0.15) is 5.82 Å². The number of carbonyl (C=O) groups excluding carboxylic acids is 1. The van der Waals surface area contributed by atoms with Gasteiger partial charge in [-0.05, 0) is 42.8 Å². The Hall–Kier alpha value is -2.66. The van der Waals surface area contributed by atoms with Crippen molar-refractivity contribution in [3.63, 3.8) is 0 Å². The highest BCUT2D eigenvalue weighted by Gasteiger charge is 2.21. The number of halogens is 1. The molecule has 6 heteroatoms. The van der Waals surface area contributed by atoms with Crippen molar-refractivity contribution < 1.29 is 4.79 Å². The first-order valence-electron chi connectivity index (χ1n) is 8.72. The zero-order valence-corrected chi connectivity index (χ0v) is 16.6. The molecule has 0 saturated heterocycles. The third-order valence-electron chi connectivity index (χ3n) is 4.34. The van der Waals surface area contributed by atoms with Crippen LogP contribution in [-0.2, 0) is 11.3 Å². The number of aryl methyl sites for hydroxylation is 1. The van der Waals surface area contributed by atoms with Crippen LogP contribution in [0.3, 0.4) is 0 Å². The first kappa shape index (κ1) is 19.1. The molecule has 1 N–H and O–H groups in total. The van der Waals surface area contributed by atoms with Crippen molar-refractivity contribution in [3.8, 4) is 0 Å². The van der Waals surface area contributed by atoms with Gasteiger partial charge in [-0.25, -0.2) is 4.98 Å². The highest BCUT2D eigenvalue weighted by molar-refractivity contribution is 6.30. The molecule has 0 radical (unpaired) electrons. The summed E-state index contributed by atoms with van der Waals surface area (Å²) < 4.78 is 1.63. The van der Waals surface area contributed by atoms with Gasteiger partial charge in [0.2, 0.25) is 5.91 Å². The Labute approximate surface area is 163 Å². The van der Waals surface area contributed by atoms with E-state index in [9.17, 15) is 9.59 Å². The minimum Gasteiger partial charge on any atom is -0.326 e. The zero-order chi connectivity index (χ0) is 19.8. The third kappa shape index (κ3) is 4.19. The van der Waals surface area contributed by atoms with E-state index >= 15 is 0 Å². The van der Waals surface area contributed by atoms with Crippen molar-refractivity contribution in [2.24, 2.45) is 5.41 Å². The average Bonchev–Trinajstić information content (AvgIpc) is 2.60. The molecule has 0 saturated carbocycles. The number of benzene rings is 2. The Balaban J connectivity index is 2.02. The van der Waals surface area contributed by atoms with E-state index in [0.717, 1.165) is 5.56 Å². The molecule has 0 fully saturated rings. The molecule has 0 aliphatic carbocycles. The standard InChI is InChI=1S/C21H22ClN3O2/c1-13-23-18-10-9-16(24-20(27)21(2,3)4)11-17(18)19(26)25(13)12-14-5-7-15(22)8-6-14/h5-11H,12H2,1-4H3,(H,24,27). The molecule has 27 heavy (non-hydrogen) atoms. The Bertz CT molecular complexity index is 1060. The predicted octanol–water partition coefficient (Wildman–Crippen LogP) is 4.39. The van der Waals surface area contributed by atoms with Gasteiger partial charge >= 0.3 is 0 Å². The summed E-state index contributed by atoms with van der Waals surface area (Å²) in [7, 11) is 0. The fourth-order valence-electron chi connectivity index (χ4n) is 2.69. The third-order valence-corrected chi connectivity index (χ3v) is 4.59. The van der Waals surface area contributed by atoms with Gasteiger partial charge < -0.3 is 5.32 Å². The van der Waals surface area contributed by atoms with E-state index in [4.69, 9.17) is 11.6 Å². The van der Waals surface area contributed by atoms with E-state index in [1.807, 2.05) is 39.8 Å². The van der Waals surface area contributed by atoms with Crippen LogP contribution >= 0.6 is 11.6 Å². The Morgan fingerprint density at radius 1 is 1.15 bits per heavy atom. The molecule has 5 nitrogen and oxygen atoms in total. The lowest BCUT2D eigenvalue weighted by atomic mass is 9.95. The van der Waals surface area contributed by atoms with Gasteiger partial charge in [0.15, 0.2) is 0 Å². The van der Waals surface area contributed by atoms with Gasteiger partial charge in [0.25, 0.3) is 5.56 Å². The molecule has 3 aromatic rings. The van der Waals surface area contributed by atoms with E-state index in [2.05, 4.69) is 10.3 Å². The monoisotopic (exact) mass is 383 g/mol. The van der Waals surface area contributed by atoms with Crippen molar-refractivity contribution in [1.29, 1.82) is 0 Å². The van der Waals surface area contributed by atoms with E-state index < -0.39 is 5.41 Å². The summed E-state index contributed by atoms with van der Waals surface area (Å²) in [5, 5.41) is 3.99. The smallest absolute Gasteiger partial charge is 0.261 e. The molecule has 140 valence electrons. The topological polar surface area (TPSA) is 64.0 Å². The van der Waals surface area contributed by atoms with Gasteiger partial charge in [-0.15, -0.1) is 0 Å². The SMILES string of the molecule is Cc1nc2ccc(NC(=O)C(C)(C)C)cc2c(=O)n1Cc1ccc(Cl)cc1. The van der Waals surface area contributed by atoms with Crippen LogP contribution in [0.2, 0.25) is 5.02 Å². The molecule has 0 spiro atoms. The Kier molecular flexibility index (Phi) is 5.07. The Morgan fingerprint density at radius 3 is 2.44 bits per heavy atom. The van der Waals surface area contributed by atoms with Crippen molar-refractivity contribution in [1.82, 2.24) is 9.55 Å². The van der Waals surface area contributed by atoms with E-state index in [0.29, 0.717) is 34.0 Å². The molecule has 0 unspecified atom stereocenters. The highest BCUT2D eigenvalue weighted by Crippen LogP contribution is 2.20. The van der Waals surface area contributed by atoms with E-state index in [-0.39, 0.29) is 11.5 Å². The maximum atomic E-state index is 13.0. The lowest BCUT2D eigenvalue weighted by Gasteiger charge is -2.18. The molecule has 1 amide bonds. The summed E-state index contributed by atoms with van der Waals surface area (Å²) >= 11 is 5.93. The summed E-state index contributed by atoms with van der Waals surface area (Å²) in [6.45, 7) is 7.74. The molecule has 0 bridgehead atoms. The second kappa shape index (κ2) is 7.16. The number of fused-ring (bicyclic) bond motifs is 1. The molecular weight excluding hydrogens is 362 g/mol. The number of anilines is 1. The normalized spacial score (nSPS) is 11.6. The van der Waals surface area contributed by atoms with Crippen molar-refractivity contribution >= 4 is 34.1 Å². The zero-order valence-electron chi connectivity index (χ0n) is 15.8. The lowest BCUT2D eigenvalue weighted by molar-refractivity contribution is -0.123. The van der Waals surface area contributed by atoms with Gasteiger partial charge in [-0.2, -0.15) is 0 Å². The van der Waals surface area contributed by atoms with Gasteiger partial charge in [0, 0.05) is 16.1 Å². The minimum absolute atomic E-state index is 0.108. The minimum atomic E-state index is -0.519. The largest absolute Gasteiger partial charge is 0.326 e. The molecule has 0 aliphatic heterocycles. The van der Waals surface area contributed by atoms with E-state index in [1.54, 1.807) is 34.9 Å². The van der Waals surface area contributed by atoms with Crippen LogP contribution in [0.25, 0.3) is 10.9 Å². The predicted molar refractivity (Wildman–Crippen MR) is 109 cm³/mol. The molecule has 2 aromatic carbocycles. The lowest BCUT2D eigenvalue weighted by Crippen LogP contribution is -2.28.